The van der Waals surface area contributed by atoms with Crippen molar-refractivity contribution in [1.29, 1.82) is 0 Å². The average molecular weight is 316 g/mol. The summed E-state index contributed by atoms with van der Waals surface area (Å²) in [5.41, 5.74) is -0.742. The van der Waals surface area contributed by atoms with Crippen LogP contribution in [0.2, 0.25) is 0 Å². The van der Waals surface area contributed by atoms with Gasteiger partial charge < -0.3 is 9.47 Å². The highest BCUT2D eigenvalue weighted by atomic mass is 16.5. The van der Waals surface area contributed by atoms with Crippen molar-refractivity contribution in [1.82, 2.24) is 0 Å². The average Bonchev–Trinajstić information content (AvgIpc) is 2.95. The van der Waals surface area contributed by atoms with Gasteiger partial charge in [-0.15, -0.1) is 0 Å². The van der Waals surface area contributed by atoms with Crippen molar-refractivity contribution in [2.24, 2.45) is 5.41 Å². The zero-order valence-corrected chi connectivity index (χ0v) is 13.0. The topological polar surface area (TPSA) is 69.7 Å². The van der Waals surface area contributed by atoms with Crippen LogP contribution in [0.25, 0.3) is 0 Å². The van der Waals surface area contributed by atoms with Crippen molar-refractivity contribution in [3.8, 4) is 0 Å². The van der Waals surface area contributed by atoms with Crippen LogP contribution < -0.4 is 0 Å². The molecule has 23 heavy (non-hydrogen) atoms. The molecule has 5 heteroatoms. The molecule has 0 heterocycles. The molecule has 0 spiro atoms. The summed E-state index contributed by atoms with van der Waals surface area (Å²) in [4.78, 5) is 36.3. The van der Waals surface area contributed by atoms with Gasteiger partial charge >= 0.3 is 11.9 Å². The summed E-state index contributed by atoms with van der Waals surface area (Å²) >= 11 is 0. The molecule has 0 bridgehead atoms. The Labute approximate surface area is 135 Å². The third-order valence-electron chi connectivity index (χ3n) is 4.04. The molecule has 0 saturated heterocycles. The molecule has 1 fully saturated rings. The minimum atomic E-state index is -1.18. The molecule has 1 saturated carbocycles. The molecule has 122 valence electrons. The maximum atomic E-state index is 12.3. The largest absolute Gasteiger partial charge is 0.462 e. The fourth-order valence-electron chi connectivity index (χ4n) is 2.76. The minimum absolute atomic E-state index is 0.00264. The molecule has 0 radical (unpaired) electrons. The van der Waals surface area contributed by atoms with E-state index in [-0.39, 0.29) is 25.4 Å². The molecule has 0 amide bonds. The SMILES string of the molecule is C=CCOC(=O)C1(CCOC(=O)c2ccccc2)CCCC1=O. The van der Waals surface area contributed by atoms with Crippen LogP contribution in [0.1, 0.15) is 36.0 Å². The summed E-state index contributed by atoms with van der Waals surface area (Å²) in [5, 5.41) is 0. The van der Waals surface area contributed by atoms with Crippen LogP contribution in [0.3, 0.4) is 0 Å². The standard InChI is InChI=1S/C18H20O5/c1-2-12-23-17(21)18(10-6-9-15(18)19)11-13-22-16(20)14-7-4-3-5-8-14/h2-5,7-8H,1,6,9-13H2. The molecule has 1 unspecified atom stereocenters. The second-order valence-electron chi connectivity index (χ2n) is 5.50. The fraction of sp³-hybridized carbons (Fsp3) is 0.389. The van der Waals surface area contributed by atoms with Gasteiger partial charge in [-0.1, -0.05) is 30.9 Å². The van der Waals surface area contributed by atoms with E-state index in [4.69, 9.17) is 9.47 Å². The Morgan fingerprint density at radius 2 is 1.96 bits per heavy atom. The van der Waals surface area contributed by atoms with Gasteiger partial charge in [-0.25, -0.2) is 4.79 Å². The minimum Gasteiger partial charge on any atom is -0.462 e. The summed E-state index contributed by atoms with van der Waals surface area (Å²) in [5.74, 6) is -1.15. The highest BCUT2D eigenvalue weighted by Gasteiger charge is 2.49. The number of ketones is 1. The lowest BCUT2D eigenvalue weighted by molar-refractivity contribution is -0.159. The van der Waals surface area contributed by atoms with Crippen LogP contribution in [0, 0.1) is 5.41 Å². The second-order valence-corrected chi connectivity index (χ2v) is 5.50. The van der Waals surface area contributed by atoms with Crippen molar-refractivity contribution >= 4 is 17.7 Å². The third kappa shape index (κ3) is 3.86. The van der Waals surface area contributed by atoms with E-state index >= 15 is 0 Å². The first kappa shape index (κ1) is 16.9. The molecule has 1 aromatic carbocycles. The first-order valence-corrected chi connectivity index (χ1v) is 7.64. The maximum absolute atomic E-state index is 12.3. The summed E-state index contributed by atoms with van der Waals surface area (Å²) in [6, 6.07) is 8.59. The molecule has 5 nitrogen and oxygen atoms in total. The van der Waals surface area contributed by atoms with Gasteiger partial charge in [0, 0.05) is 12.8 Å². The molecule has 0 aromatic heterocycles. The second kappa shape index (κ2) is 7.72. The number of Topliss-reactive ketones (excluding diaryl/α,β-unsaturated/α-hetero) is 1. The number of esters is 2. The van der Waals surface area contributed by atoms with E-state index in [9.17, 15) is 14.4 Å². The lowest BCUT2D eigenvalue weighted by atomic mass is 9.82. The van der Waals surface area contributed by atoms with E-state index in [2.05, 4.69) is 6.58 Å². The summed E-state index contributed by atoms with van der Waals surface area (Å²) in [7, 11) is 0. The van der Waals surface area contributed by atoms with Crippen LogP contribution in [0.4, 0.5) is 0 Å². The Kier molecular flexibility index (Phi) is 5.68. The van der Waals surface area contributed by atoms with E-state index < -0.39 is 17.4 Å². The van der Waals surface area contributed by atoms with Gasteiger partial charge in [-0.2, -0.15) is 0 Å². The van der Waals surface area contributed by atoms with Gasteiger partial charge in [0.05, 0.1) is 12.2 Å². The Bertz CT molecular complexity index is 593. The molecule has 0 aliphatic heterocycles. The molecule has 1 atom stereocenters. The summed E-state index contributed by atoms with van der Waals surface area (Å²) < 4.78 is 10.3. The Morgan fingerprint density at radius 1 is 1.22 bits per heavy atom. The van der Waals surface area contributed by atoms with E-state index in [0.717, 1.165) is 0 Å². The fourth-order valence-corrected chi connectivity index (χ4v) is 2.76. The molecular weight excluding hydrogens is 296 g/mol. The number of hydrogen-bond donors (Lipinski definition) is 0. The van der Waals surface area contributed by atoms with Crippen LogP contribution in [0.15, 0.2) is 43.0 Å². The van der Waals surface area contributed by atoms with E-state index in [1.54, 1.807) is 30.3 Å². The van der Waals surface area contributed by atoms with Crippen molar-refractivity contribution < 1.29 is 23.9 Å². The molecule has 0 N–H and O–H groups in total. The zero-order valence-electron chi connectivity index (χ0n) is 13.0. The zero-order chi connectivity index (χ0) is 16.7. The van der Waals surface area contributed by atoms with Crippen molar-refractivity contribution in [3.63, 3.8) is 0 Å². The van der Waals surface area contributed by atoms with Crippen LogP contribution in [-0.2, 0) is 19.1 Å². The summed E-state index contributed by atoms with van der Waals surface area (Å²) in [6.45, 7) is 3.56. The van der Waals surface area contributed by atoms with Gasteiger partial charge in [0.2, 0.25) is 0 Å². The number of rotatable bonds is 7. The van der Waals surface area contributed by atoms with Crippen LogP contribution >= 0.6 is 0 Å². The normalized spacial score (nSPS) is 20.1. The number of ether oxygens (including phenoxy) is 2. The third-order valence-corrected chi connectivity index (χ3v) is 4.04. The monoisotopic (exact) mass is 316 g/mol. The van der Waals surface area contributed by atoms with Gasteiger partial charge in [-0.3, -0.25) is 9.59 Å². The quantitative estimate of drug-likeness (QED) is 0.439. The lowest BCUT2D eigenvalue weighted by Crippen LogP contribution is -2.38. The van der Waals surface area contributed by atoms with E-state index in [0.29, 0.717) is 24.8 Å². The lowest BCUT2D eigenvalue weighted by Gasteiger charge is -2.24. The first-order valence-electron chi connectivity index (χ1n) is 7.64. The Morgan fingerprint density at radius 3 is 2.57 bits per heavy atom. The van der Waals surface area contributed by atoms with E-state index in [1.807, 2.05) is 0 Å². The number of carbonyl (C=O) groups excluding carboxylic acids is 3. The first-order chi connectivity index (χ1) is 11.1. The van der Waals surface area contributed by atoms with Crippen LogP contribution in [0.5, 0.6) is 0 Å². The van der Waals surface area contributed by atoms with E-state index in [1.165, 1.54) is 6.08 Å². The Hall–Kier alpha value is -2.43. The molecule has 1 aliphatic carbocycles. The summed E-state index contributed by atoms with van der Waals surface area (Å²) in [6.07, 6.45) is 3.05. The van der Waals surface area contributed by atoms with Crippen molar-refractivity contribution in [3.05, 3.63) is 48.6 Å². The van der Waals surface area contributed by atoms with Crippen molar-refractivity contribution in [2.45, 2.75) is 25.7 Å². The molecular formula is C18H20O5. The van der Waals surface area contributed by atoms with Crippen molar-refractivity contribution in [2.75, 3.05) is 13.2 Å². The van der Waals surface area contributed by atoms with Gasteiger partial charge in [0.25, 0.3) is 0 Å². The number of benzene rings is 1. The maximum Gasteiger partial charge on any atom is 0.338 e. The Balaban J connectivity index is 1.97. The predicted octanol–water partition coefficient (Wildman–Crippen LogP) is 2.70. The molecule has 2 rings (SSSR count). The molecule has 1 aliphatic rings. The van der Waals surface area contributed by atoms with Gasteiger partial charge in [0.1, 0.15) is 17.8 Å². The van der Waals surface area contributed by atoms with Gasteiger partial charge in [0.15, 0.2) is 0 Å². The number of hydrogen-bond acceptors (Lipinski definition) is 5. The predicted molar refractivity (Wildman–Crippen MR) is 83.8 cm³/mol. The van der Waals surface area contributed by atoms with Gasteiger partial charge in [-0.05, 0) is 25.0 Å². The highest BCUT2D eigenvalue weighted by molar-refractivity contribution is 6.05. The number of carbonyl (C=O) groups is 3. The molecule has 1 aromatic rings. The smallest absolute Gasteiger partial charge is 0.338 e. The van der Waals surface area contributed by atoms with Crippen LogP contribution in [-0.4, -0.2) is 30.9 Å². The highest BCUT2D eigenvalue weighted by Crippen LogP contribution is 2.39.